The van der Waals surface area contributed by atoms with Crippen molar-refractivity contribution in [2.45, 2.75) is 58.7 Å². The number of benzene rings is 3. The van der Waals surface area contributed by atoms with Crippen molar-refractivity contribution in [1.82, 2.24) is 19.9 Å². The van der Waals surface area contributed by atoms with Crippen LogP contribution in [0.25, 0.3) is 10.9 Å². The van der Waals surface area contributed by atoms with Crippen LogP contribution in [0.2, 0.25) is 0 Å². The Morgan fingerprint density at radius 1 is 0.962 bits per heavy atom. The standard InChI is InChI=1S/C38H46FN7O7/c1-8-29(42-37(50)53-38(3,4)5)35(48)43-19-21-44(22-20-43)46-33(41-30-12-10-9-11-28(30)34(46)47)24(2)45(31-18-17-27(51-6)23-32(31)52-7)36(49)40-26-15-13-25(39)14-16-26/h9-18,23-24,29H,8,19-22H2,1-7H3,(H,40,49)(H,42,50)/t24?,29-/m0/s1. The molecule has 0 bridgehead atoms. The minimum atomic E-state index is -0.891. The summed E-state index contributed by atoms with van der Waals surface area (Å²) in [7, 11) is 2.98. The van der Waals surface area contributed by atoms with Crippen molar-refractivity contribution in [2.75, 3.05) is 55.6 Å². The third-order valence-electron chi connectivity index (χ3n) is 8.75. The van der Waals surface area contributed by atoms with E-state index in [2.05, 4.69) is 10.6 Å². The molecule has 14 nitrogen and oxygen atoms in total. The second-order valence-corrected chi connectivity index (χ2v) is 13.5. The normalized spacial score (nSPS) is 14.3. The zero-order valence-electron chi connectivity index (χ0n) is 31.0. The van der Waals surface area contributed by atoms with Crippen LogP contribution in [0.1, 0.15) is 52.9 Å². The van der Waals surface area contributed by atoms with Gasteiger partial charge < -0.3 is 34.8 Å². The Balaban J connectivity index is 1.52. The Morgan fingerprint density at radius 3 is 2.26 bits per heavy atom. The molecule has 0 saturated carbocycles. The number of para-hydroxylation sites is 1. The van der Waals surface area contributed by atoms with Crippen LogP contribution in [-0.4, -0.2) is 84.6 Å². The van der Waals surface area contributed by atoms with E-state index in [0.29, 0.717) is 40.2 Å². The molecule has 1 unspecified atom stereocenters. The number of ether oxygens (including phenoxy) is 3. The van der Waals surface area contributed by atoms with Gasteiger partial charge in [-0.15, -0.1) is 0 Å². The molecule has 1 aliphatic rings. The van der Waals surface area contributed by atoms with Crippen LogP contribution in [0.4, 0.5) is 25.4 Å². The quantitative estimate of drug-likeness (QED) is 0.218. The lowest BCUT2D eigenvalue weighted by Gasteiger charge is -2.40. The highest BCUT2D eigenvalue weighted by Gasteiger charge is 2.34. The van der Waals surface area contributed by atoms with E-state index in [9.17, 15) is 23.6 Å². The molecule has 1 aliphatic heterocycles. The predicted molar refractivity (Wildman–Crippen MR) is 200 cm³/mol. The summed E-state index contributed by atoms with van der Waals surface area (Å²) in [6.07, 6.45) is -0.316. The first-order chi connectivity index (χ1) is 25.2. The van der Waals surface area contributed by atoms with Gasteiger partial charge in [-0.25, -0.2) is 23.6 Å². The molecule has 2 heterocycles. The molecule has 1 saturated heterocycles. The third kappa shape index (κ3) is 8.79. The van der Waals surface area contributed by atoms with Crippen LogP contribution in [0, 0.1) is 5.82 Å². The first-order valence-corrected chi connectivity index (χ1v) is 17.4. The van der Waals surface area contributed by atoms with Crippen LogP contribution >= 0.6 is 0 Å². The Kier molecular flexibility index (Phi) is 11.7. The molecule has 0 radical (unpaired) electrons. The number of hydrogen-bond donors (Lipinski definition) is 2. The third-order valence-corrected chi connectivity index (χ3v) is 8.75. The summed E-state index contributed by atoms with van der Waals surface area (Å²) in [6.45, 7) is 9.80. The number of hydrogen-bond acceptors (Lipinski definition) is 9. The second-order valence-electron chi connectivity index (χ2n) is 13.5. The Hall–Kier alpha value is -5.86. The minimum absolute atomic E-state index is 0.249. The summed E-state index contributed by atoms with van der Waals surface area (Å²) >= 11 is 0. The SMILES string of the molecule is CC[C@H](NC(=O)OC(C)(C)C)C(=O)N1CCN(n2c(C(C)N(C(=O)Nc3ccc(F)cc3)c3ccc(OC)cc3OC)nc3ccccc3c2=O)CC1. The van der Waals surface area contributed by atoms with Crippen LogP contribution < -0.4 is 35.6 Å². The van der Waals surface area contributed by atoms with Crippen molar-refractivity contribution >= 4 is 40.3 Å². The smallest absolute Gasteiger partial charge is 0.408 e. The monoisotopic (exact) mass is 731 g/mol. The minimum Gasteiger partial charge on any atom is -0.497 e. The fraction of sp³-hybridized carbons (Fsp3) is 0.395. The van der Waals surface area contributed by atoms with Gasteiger partial charge in [0.2, 0.25) is 5.91 Å². The fourth-order valence-corrected chi connectivity index (χ4v) is 6.12. The molecule has 3 aromatic carbocycles. The van der Waals surface area contributed by atoms with E-state index in [-0.39, 0.29) is 43.5 Å². The van der Waals surface area contributed by atoms with E-state index in [1.54, 1.807) is 87.0 Å². The Bertz CT molecular complexity index is 2010. The molecule has 4 aromatic rings. The number of alkyl carbamates (subject to hydrolysis) is 1. The number of nitrogens with zero attached hydrogens (tertiary/aromatic N) is 5. The first kappa shape index (κ1) is 38.4. The number of anilines is 2. The number of aromatic nitrogens is 2. The molecule has 53 heavy (non-hydrogen) atoms. The van der Waals surface area contributed by atoms with Crippen molar-refractivity contribution in [1.29, 1.82) is 0 Å². The van der Waals surface area contributed by atoms with Gasteiger partial charge in [0.25, 0.3) is 5.56 Å². The van der Waals surface area contributed by atoms with Crippen LogP contribution in [0.5, 0.6) is 11.5 Å². The lowest BCUT2D eigenvalue weighted by atomic mass is 10.1. The number of rotatable bonds is 10. The molecule has 1 aromatic heterocycles. The molecular formula is C38H46FN7O7. The molecule has 4 amide bonds. The molecule has 2 N–H and O–H groups in total. The second kappa shape index (κ2) is 16.2. The largest absolute Gasteiger partial charge is 0.497 e. The van der Waals surface area contributed by atoms with Gasteiger partial charge in [-0.3, -0.25) is 14.5 Å². The Labute approximate surface area is 307 Å². The molecule has 1 fully saturated rings. The van der Waals surface area contributed by atoms with Crippen molar-refractivity contribution in [3.8, 4) is 11.5 Å². The maximum Gasteiger partial charge on any atom is 0.408 e. The number of urea groups is 1. The summed E-state index contributed by atoms with van der Waals surface area (Å²) in [5.41, 5.74) is 0.0629. The van der Waals surface area contributed by atoms with Gasteiger partial charge in [-0.1, -0.05) is 19.1 Å². The number of carbonyl (C=O) groups excluding carboxylic acids is 3. The summed E-state index contributed by atoms with van der Waals surface area (Å²) in [5.74, 6) is 0.347. The van der Waals surface area contributed by atoms with E-state index in [1.807, 2.05) is 0 Å². The molecule has 0 spiro atoms. The summed E-state index contributed by atoms with van der Waals surface area (Å²) in [6, 6.07) is 15.0. The topological polar surface area (TPSA) is 148 Å². The van der Waals surface area contributed by atoms with E-state index in [1.165, 1.54) is 48.1 Å². The fourth-order valence-electron chi connectivity index (χ4n) is 6.12. The maximum absolute atomic E-state index is 14.4. The van der Waals surface area contributed by atoms with E-state index in [0.717, 1.165) is 0 Å². The average Bonchev–Trinajstić information content (AvgIpc) is 3.14. The highest BCUT2D eigenvalue weighted by molar-refractivity contribution is 6.03. The molecule has 5 rings (SSSR count). The van der Waals surface area contributed by atoms with Crippen LogP contribution in [0.3, 0.4) is 0 Å². The number of carbonyl (C=O) groups is 3. The molecule has 0 aliphatic carbocycles. The summed E-state index contributed by atoms with van der Waals surface area (Å²) in [4.78, 5) is 62.7. The molecule has 282 valence electrons. The summed E-state index contributed by atoms with van der Waals surface area (Å²) < 4.78 is 31.7. The van der Waals surface area contributed by atoms with Gasteiger partial charge >= 0.3 is 12.1 Å². The van der Waals surface area contributed by atoms with Crippen LogP contribution in [0.15, 0.2) is 71.5 Å². The van der Waals surface area contributed by atoms with Crippen molar-refractivity contribution in [2.24, 2.45) is 0 Å². The predicted octanol–water partition coefficient (Wildman–Crippen LogP) is 5.44. The highest BCUT2D eigenvalue weighted by atomic mass is 19.1. The van der Waals surface area contributed by atoms with Crippen molar-refractivity contribution in [3.05, 3.63) is 88.7 Å². The molecule has 2 atom stereocenters. The van der Waals surface area contributed by atoms with Gasteiger partial charge in [0, 0.05) is 24.8 Å². The Morgan fingerprint density at radius 2 is 1.64 bits per heavy atom. The van der Waals surface area contributed by atoms with Crippen molar-refractivity contribution in [3.63, 3.8) is 0 Å². The van der Waals surface area contributed by atoms with Gasteiger partial charge in [-0.05, 0) is 82.6 Å². The highest BCUT2D eigenvalue weighted by Crippen LogP contribution is 2.37. The van der Waals surface area contributed by atoms with E-state index >= 15 is 0 Å². The number of methoxy groups -OCH3 is 2. The number of halogens is 1. The van der Waals surface area contributed by atoms with Crippen LogP contribution in [-0.2, 0) is 9.53 Å². The van der Waals surface area contributed by atoms with Crippen molar-refractivity contribution < 1.29 is 33.0 Å². The first-order valence-electron chi connectivity index (χ1n) is 17.4. The lowest BCUT2D eigenvalue weighted by Crippen LogP contribution is -2.59. The number of amides is 4. The van der Waals surface area contributed by atoms with Gasteiger partial charge in [-0.2, -0.15) is 0 Å². The van der Waals surface area contributed by atoms with E-state index < -0.39 is 35.6 Å². The number of piperazine rings is 1. The molecular weight excluding hydrogens is 685 g/mol. The van der Waals surface area contributed by atoms with Gasteiger partial charge in [0.1, 0.15) is 29.0 Å². The zero-order chi connectivity index (χ0) is 38.4. The van der Waals surface area contributed by atoms with Gasteiger partial charge in [0.15, 0.2) is 5.82 Å². The number of fused-ring (bicyclic) bond motifs is 1. The summed E-state index contributed by atoms with van der Waals surface area (Å²) in [5, 5.41) is 7.69. The molecule has 15 heteroatoms. The van der Waals surface area contributed by atoms with E-state index in [4.69, 9.17) is 19.2 Å². The zero-order valence-corrected chi connectivity index (χ0v) is 31.0. The average molecular weight is 732 g/mol. The maximum atomic E-state index is 14.4. The number of nitrogens with one attached hydrogen (secondary N) is 2. The lowest BCUT2D eigenvalue weighted by molar-refractivity contribution is -0.134. The van der Waals surface area contributed by atoms with Gasteiger partial charge in [0.05, 0.1) is 49.9 Å².